The molecule has 1 aromatic heterocycles. The van der Waals surface area contributed by atoms with E-state index in [-0.39, 0.29) is 26.9 Å². The van der Waals surface area contributed by atoms with Crippen LogP contribution in [0.2, 0.25) is 5.02 Å². The Morgan fingerprint density at radius 1 is 1.18 bits per heavy atom. The zero-order chi connectivity index (χ0) is 24.0. The molecule has 1 atom stereocenters. The monoisotopic (exact) mass is 492 g/mol. The summed E-state index contributed by atoms with van der Waals surface area (Å²) in [4.78, 5) is 0.0681. The van der Waals surface area contributed by atoms with Crippen LogP contribution in [0.5, 0.6) is 0 Å². The number of hydrogen-bond donors (Lipinski definition) is 1. The topological polar surface area (TPSA) is 86.1 Å². The Labute approximate surface area is 198 Å². The lowest BCUT2D eigenvalue weighted by atomic mass is 9.87. The number of anilines is 1. The summed E-state index contributed by atoms with van der Waals surface area (Å²) in [5.74, 6) is 0.440. The molecule has 0 radical (unpaired) electrons. The van der Waals surface area contributed by atoms with E-state index >= 15 is 0 Å². The number of benzene rings is 2. The molecule has 0 amide bonds. The van der Waals surface area contributed by atoms with Gasteiger partial charge in [-0.3, -0.25) is 4.72 Å². The minimum Gasteiger partial charge on any atom is -0.381 e. The van der Waals surface area contributed by atoms with Crippen molar-refractivity contribution in [2.45, 2.75) is 43.4 Å². The van der Waals surface area contributed by atoms with Gasteiger partial charge in [-0.1, -0.05) is 44.5 Å². The molecule has 4 rings (SSSR count). The van der Waals surface area contributed by atoms with Gasteiger partial charge >= 0.3 is 0 Å². The maximum atomic E-state index is 14.4. The van der Waals surface area contributed by atoms with Gasteiger partial charge < -0.3 is 9.30 Å². The van der Waals surface area contributed by atoms with E-state index < -0.39 is 15.8 Å². The van der Waals surface area contributed by atoms with Crippen LogP contribution in [0.1, 0.15) is 44.5 Å². The Hall–Kier alpha value is -2.49. The molecule has 1 aliphatic heterocycles. The third-order valence-electron chi connectivity index (χ3n) is 5.78. The first-order valence-corrected chi connectivity index (χ1v) is 12.4. The summed E-state index contributed by atoms with van der Waals surface area (Å²) in [7, 11) is -2.21. The third kappa shape index (κ3) is 4.76. The minimum atomic E-state index is -3.99. The average Bonchev–Trinajstić information content (AvgIpc) is 3.39. The van der Waals surface area contributed by atoms with Gasteiger partial charge in [-0.15, -0.1) is 10.2 Å². The minimum absolute atomic E-state index is 0.0292. The molecule has 176 valence electrons. The van der Waals surface area contributed by atoms with Crippen molar-refractivity contribution in [3.05, 3.63) is 58.6 Å². The molecule has 1 unspecified atom stereocenters. The Balaban J connectivity index is 1.72. The van der Waals surface area contributed by atoms with Gasteiger partial charge in [0.25, 0.3) is 10.0 Å². The van der Waals surface area contributed by atoms with Crippen LogP contribution < -0.4 is 4.72 Å². The van der Waals surface area contributed by atoms with Crippen LogP contribution in [0.3, 0.4) is 0 Å². The number of aromatic nitrogens is 3. The van der Waals surface area contributed by atoms with Gasteiger partial charge in [-0.2, -0.15) is 0 Å². The van der Waals surface area contributed by atoms with E-state index in [0.717, 1.165) is 23.9 Å². The molecular formula is C23H26ClFN4O3S. The summed E-state index contributed by atoms with van der Waals surface area (Å²) >= 11 is 6.04. The van der Waals surface area contributed by atoms with E-state index in [9.17, 15) is 12.8 Å². The number of halogens is 2. The SMILES string of the molecule is Cn1c(-c2cc(Cl)c(F)cc2NS(=O)(=O)c2ccc(C(C)(C)C)cc2)nnc1C1CCOC1. The second-order valence-electron chi connectivity index (χ2n) is 9.19. The van der Waals surface area contributed by atoms with Crippen LogP contribution in [0.4, 0.5) is 10.1 Å². The molecule has 3 aromatic rings. The van der Waals surface area contributed by atoms with Gasteiger partial charge in [-0.25, -0.2) is 12.8 Å². The molecule has 1 N–H and O–H groups in total. The van der Waals surface area contributed by atoms with Crippen LogP contribution in [0.25, 0.3) is 11.4 Å². The lowest BCUT2D eigenvalue weighted by Crippen LogP contribution is -2.16. The third-order valence-corrected chi connectivity index (χ3v) is 7.45. The van der Waals surface area contributed by atoms with Crippen LogP contribution >= 0.6 is 11.6 Å². The van der Waals surface area contributed by atoms with Crippen molar-refractivity contribution >= 4 is 27.3 Å². The summed E-state index contributed by atoms with van der Waals surface area (Å²) in [6.45, 7) is 7.33. The number of sulfonamides is 1. The molecule has 0 saturated carbocycles. The van der Waals surface area contributed by atoms with Gasteiger partial charge in [0.2, 0.25) is 0 Å². The second kappa shape index (κ2) is 8.70. The first-order valence-electron chi connectivity index (χ1n) is 10.6. The zero-order valence-electron chi connectivity index (χ0n) is 18.9. The zero-order valence-corrected chi connectivity index (χ0v) is 20.5. The summed E-state index contributed by atoms with van der Waals surface area (Å²) in [6.07, 6.45) is 0.820. The molecule has 7 nitrogen and oxygen atoms in total. The summed E-state index contributed by atoms with van der Waals surface area (Å²) in [5.41, 5.74) is 1.25. The number of ether oxygens (including phenoxy) is 1. The smallest absolute Gasteiger partial charge is 0.261 e. The largest absolute Gasteiger partial charge is 0.381 e. The van der Waals surface area contributed by atoms with E-state index in [2.05, 4.69) is 14.9 Å². The highest BCUT2D eigenvalue weighted by Crippen LogP contribution is 2.35. The van der Waals surface area contributed by atoms with Crippen molar-refractivity contribution in [3.63, 3.8) is 0 Å². The molecule has 1 aliphatic rings. The Morgan fingerprint density at radius 2 is 1.88 bits per heavy atom. The van der Waals surface area contributed by atoms with Crippen molar-refractivity contribution in [3.8, 4) is 11.4 Å². The van der Waals surface area contributed by atoms with E-state index in [1.54, 1.807) is 23.7 Å². The summed E-state index contributed by atoms with van der Waals surface area (Å²) < 4.78 is 50.3. The fourth-order valence-electron chi connectivity index (χ4n) is 3.82. The normalized spacial score (nSPS) is 16.8. The molecule has 0 aliphatic carbocycles. The van der Waals surface area contributed by atoms with E-state index in [4.69, 9.17) is 16.3 Å². The lowest BCUT2D eigenvalue weighted by molar-refractivity contribution is 0.193. The van der Waals surface area contributed by atoms with Crippen LogP contribution in [0, 0.1) is 5.82 Å². The van der Waals surface area contributed by atoms with Gasteiger partial charge in [0, 0.05) is 31.2 Å². The first-order chi connectivity index (χ1) is 15.5. The first kappa shape index (κ1) is 23.7. The fourth-order valence-corrected chi connectivity index (χ4v) is 5.06. The van der Waals surface area contributed by atoms with Crippen molar-refractivity contribution in [1.29, 1.82) is 0 Å². The summed E-state index contributed by atoms with van der Waals surface area (Å²) in [5, 5.41) is 8.38. The van der Waals surface area contributed by atoms with Crippen molar-refractivity contribution < 1.29 is 17.5 Å². The fraction of sp³-hybridized carbons (Fsp3) is 0.391. The van der Waals surface area contributed by atoms with E-state index in [0.29, 0.717) is 24.6 Å². The standard InChI is InChI=1S/C23H26ClFN4O3S/c1-23(2,3)15-5-7-16(8-6-15)33(30,31)28-20-12-19(25)18(24)11-17(20)22-27-26-21(29(22)4)14-9-10-32-13-14/h5-8,11-12,14,28H,9-10,13H2,1-4H3. The van der Waals surface area contributed by atoms with Crippen LogP contribution in [0.15, 0.2) is 41.3 Å². The van der Waals surface area contributed by atoms with Crippen LogP contribution in [-0.4, -0.2) is 36.4 Å². The molecule has 10 heteroatoms. The second-order valence-corrected chi connectivity index (χ2v) is 11.3. The average molecular weight is 493 g/mol. The molecule has 33 heavy (non-hydrogen) atoms. The molecule has 1 fully saturated rings. The Bertz CT molecular complexity index is 1280. The van der Waals surface area contributed by atoms with E-state index in [1.807, 2.05) is 20.8 Å². The van der Waals surface area contributed by atoms with Gasteiger partial charge in [-0.05, 0) is 35.6 Å². The number of nitrogens with zero attached hydrogens (tertiary/aromatic N) is 3. The van der Waals surface area contributed by atoms with E-state index in [1.165, 1.54) is 18.2 Å². The summed E-state index contributed by atoms with van der Waals surface area (Å²) in [6, 6.07) is 9.04. The molecule has 2 aromatic carbocycles. The van der Waals surface area contributed by atoms with Crippen molar-refractivity contribution in [2.75, 3.05) is 17.9 Å². The molecule has 0 bridgehead atoms. The highest BCUT2D eigenvalue weighted by atomic mass is 35.5. The van der Waals surface area contributed by atoms with Gasteiger partial charge in [0.05, 0.1) is 22.2 Å². The maximum absolute atomic E-state index is 14.4. The molecule has 0 spiro atoms. The van der Waals surface area contributed by atoms with Crippen molar-refractivity contribution in [2.24, 2.45) is 7.05 Å². The Morgan fingerprint density at radius 3 is 2.48 bits per heavy atom. The maximum Gasteiger partial charge on any atom is 0.261 e. The lowest BCUT2D eigenvalue weighted by Gasteiger charge is -2.19. The number of nitrogens with one attached hydrogen (secondary N) is 1. The predicted molar refractivity (Wildman–Crippen MR) is 126 cm³/mol. The molecule has 2 heterocycles. The molecular weight excluding hydrogens is 467 g/mol. The quantitative estimate of drug-likeness (QED) is 0.548. The Kier molecular flexibility index (Phi) is 6.24. The van der Waals surface area contributed by atoms with Gasteiger partial charge in [0.1, 0.15) is 11.6 Å². The molecule has 1 saturated heterocycles. The van der Waals surface area contributed by atoms with Crippen LogP contribution in [-0.2, 0) is 27.2 Å². The van der Waals surface area contributed by atoms with Crippen molar-refractivity contribution in [1.82, 2.24) is 14.8 Å². The predicted octanol–water partition coefficient (Wildman–Crippen LogP) is 4.88. The van der Waals surface area contributed by atoms with Gasteiger partial charge in [0.15, 0.2) is 5.82 Å². The number of hydrogen-bond acceptors (Lipinski definition) is 5. The number of rotatable bonds is 5. The highest BCUT2D eigenvalue weighted by molar-refractivity contribution is 7.92. The highest BCUT2D eigenvalue weighted by Gasteiger charge is 2.27.